The molecule has 0 aliphatic carbocycles. The number of hydrogen-bond donors (Lipinski definition) is 0. The van der Waals surface area contributed by atoms with Crippen LogP contribution in [0.2, 0.25) is 0 Å². The Hall–Kier alpha value is -2.08. The molecule has 1 amide bonds. The molecule has 0 unspecified atom stereocenters. The fourth-order valence-corrected chi connectivity index (χ4v) is 4.16. The number of hydrogen-bond acceptors (Lipinski definition) is 4. The predicted octanol–water partition coefficient (Wildman–Crippen LogP) is 2.70. The Kier molecular flexibility index (Phi) is 5.81. The molecule has 3 rings (SSSR count). The van der Waals surface area contributed by atoms with Crippen LogP contribution >= 0.6 is 11.8 Å². The fraction of sp³-hybridized carbons (Fsp3) is 0.450. The zero-order chi connectivity index (χ0) is 18.7. The predicted molar refractivity (Wildman–Crippen MR) is 105 cm³/mol. The van der Waals surface area contributed by atoms with E-state index in [1.54, 1.807) is 11.6 Å². The molecule has 1 aliphatic heterocycles. The van der Waals surface area contributed by atoms with E-state index in [9.17, 15) is 9.59 Å². The van der Waals surface area contributed by atoms with Gasteiger partial charge in [-0.2, -0.15) is 0 Å². The third-order valence-electron chi connectivity index (χ3n) is 4.96. The minimum atomic E-state index is -0.0307. The molecule has 2 heterocycles. The SMILES string of the molecule is Cc1ccccc1Cc1c(C)nc(SCC(=O)N2CCCC2)n(C)c1=O. The quantitative estimate of drug-likeness (QED) is 0.599. The Morgan fingerprint density at radius 3 is 2.58 bits per heavy atom. The Bertz CT molecular complexity index is 870. The van der Waals surface area contributed by atoms with Crippen molar-refractivity contribution < 1.29 is 4.79 Å². The van der Waals surface area contributed by atoms with Crippen LogP contribution in [0.15, 0.2) is 34.2 Å². The second-order valence-electron chi connectivity index (χ2n) is 6.80. The summed E-state index contributed by atoms with van der Waals surface area (Å²) in [6.45, 7) is 5.62. The van der Waals surface area contributed by atoms with Gasteiger partial charge in [0, 0.05) is 37.8 Å². The highest BCUT2D eigenvalue weighted by atomic mass is 32.2. The van der Waals surface area contributed by atoms with Gasteiger partial charge in [0.15, 0.2) is 5.16 Å². The summed E-state index contributed by atoms with van der Waals surface area (Å²) in [5.74, 6) is 0.458. The first kappa shape index (κ1) is 18.7. The maximum absolute atomic E-state index is 12.8. The molecule has 5 nitrogen and oxygen atoms in total. The van der Waals surface area contributed by atoms with E-state index in [2.05, 4.69) is 18.0 Å². The van der Waals surface area contributed by atoms with Crippen LogP contribution in [0.1, 0.15) is 35.2 Å². The zero-order valence-corrected chi connectivity index (χ0v) is 16.4. The standard InChI is InChI=1S/C20H25N3O2S/c1-14-8-4-5-9-16(14)12-17-15(2)21-20(22(3)19(17)25)26-13-18(24)23-10-6-7-11-23/h4-5,8-9H,6-7,10-13H2,1-3H3. The van der Waals surface area contributed by atoms with Crippen LogP contribution in [-0.4, -0.2) is 39.2 Å². The first-order chi connectivity index (χ1) is 12.5. The highest BCUT2D eigenvalue weighted by Crippen LogP contribution is 2.19. The number of amides is 1. The molecular formula is C20H25N3O2S. The fourth-order valence-electron chi connectivity index (χ4n) is 3.25. The lowest BCUT2D eigenvalue weighted by Crippen LogP contribution is -2.30. The Morgan fingerprint density at radius 1 is 1.19 bits per heavy atom. The van der Waals surface area contributed by atoms with Gasteiger partial charge in [0.1, 0.15) is 0 Å². The summed E-state index contributed by atoms with van der Waals surface area (Å²) < 4.78 is 1.57. The highest BCUT2D eigenvalue weighted by Gasteiger charge is 2.19. The summed E-state index contributed by atoms with van der Waals surface area (Å²) in [7, 11) is 1.73. The largest absolute Gasteiger partial charge is 0.342 e. The van der Waals surface area contributed by atoms with E-state index >= 15 is 0 Å². The molecule has 2 aromatic rings. The van der Waals surface area contributed by atoms with Gasteiger partial charge in [-0.15, -0.1) is 0 Å². The molecule has 1 aromatic heterocycles. The van der Waals surface area contributed by atoms with Crippen molar-refractivity contribution in [1.29, 1.82) is 0 Å². The Balaban J connectivity index is 1.78. The summed E-state index contributed by atoms with van der Waals surface area (Å²) >= 11 is 1.35. The monoisotopic (exact) mass is 371 g/mol. The molecule has 0 atom stereocenters. The van der Waals surface area contributed by atoms with Crippen LogP contribution in [0.3, 0.4) is 0 Å². The van der Waals surface area contributed by atoms with Crippen LogP contribution in [0.25, 0.3) is 0 Å². The lowest BCUT2D eigenvalue weighted by molar-refractivity contribution is -0.127. The number of likely N-dealkylation sites (tertiary alicyclic amines) is 1. The molecule has 0 radical (unpaired) electrons. The van der Waals surface area contributed by atoms with E-state index < -0.39 is 0 Å². The van der Waals surface area contributed by atoms with Crippen molar-refractivity contribution >= 4 is 17.7 Å². The topological polar surface area (TPSA) is 55.2 Å². The van der Waals surface area contributed by atoms with E-state index in [0.717, 1.165) is 42.8 Å². The van der Waals surface area contributed by atoms with Gasteiger partial charge in [-0.05, 0) is 37.8 Å². The highest BCUT2D eigenvalue weighted by molar-refractivity contribution is 7.99. The van der Waals surface area contributed by atoms with E-state index in [1.807, 2.05) is 30.0 Å². The first-order valence-electron chi connectivity index (χ1n) is 8.99. The first-order valence-corrected chi connectivity index (χ1v) is 9.97. The maximum Gasteiger partial charge on any atom is 0.257 e. The molecule has 6 heteroatoms. The number of carbonyl (C=O) groups is 1. The van der Waals surface area contributed by atoms with Crippen molar-refractivity contribution in [2.24, 2.45) is 7.05 Å². The molecule has 1 aliphatic rings. The van der Waals surface area contributed by atoms with Gasteiger partial charge in [-0.3, -0.25) is 14.2 Å². The van der Waals surface area contributed by atoms with Crippen molar-refractivity contribution in [3.05, 3.63) is 57.0 Å². The number of carbonyl (C=O) groups excluding carboxylic acids is 1. The van der Waals surface area contributed by atoms with Crippen LogP contribution in [0.4, 0.5) is 0 Å². The Morgan fingerprint density at radius 2 is 1.88 bits per heavy atom. The Labute approximate surface area is 158 Å². The maximum atomic E-state index is 12.8. The molecule has 0 bridgehead atoms. The summed E-state index contributed by atoms with van der Waals surface area (Å²) in [5.41, 5.74) is 3.74. The van der Waals surface area contributed by atoms with Crippen molar-refractivity contribution in [1.82, 2.24) is 14.5 Å². The number of aromatic nitrogens is 2. The number of aryl methyl sites for hydroxylation is 2. The summed E-state index contributed by atoms with van der Waals surface area (Å²) in [4.78, 5) is 31.6. The minimum Gasteiger partial charge on any atom is -0.342 e. The van der Waals surface area contributed by atoms with Gasteiger partial charge in [0.2, 0.25) is 5.91 Å². The van der Waals surface area contributed by atoms with Crippen molar-refractivity contribution in [3.63, 3.8) is 0 Å². The van der Waals surface area contributed by atoms with E-state index in [1.165, 1.54) is 17.3 Å². The number of rotatable bonds is 5. The molecular weight excluding hydrogens is 346 g/mol. The van der Waals surface area contributed by atoms with E-state index in [4.69, 9.17) is 0 Å². The van der Waals surface area contributed by atoms with Crippen LogP contribution < -0.4 is 5.56 Å². The van der Waals surface area contributed by atoms with Crippen molar-refractivity contribution in [2.75, 3.05) is 18.8 Å². The summed E-state index contributed by atoms with van der Waals surface area (Å²) in [6, 6.07) is 8.09. The summed E-state index contributed by atoms with van der Waals surface area (Å²) in [5, 5.41) is 0.605. The van der Waals surface area contributed by atoms with Crippen LogP contribution in [-0.2, 0) is 18.3 Å². The lowest BCUT2D eigenvalue weighted by Gasteiger charge is -2.16. The third-order valence-corrected chi connectivity index (χ3v) is 5.98. The van der Waals surface area contributed by atoms with Gasteiger partial charge in [-0.1, -0.05) is 36.0 Å². The van der Waals surface area contributed by atoms with Gasteiger partial charge < -0.3 is 4.90 Å². The normalized spacial score (nSPS) is 14.0. The molecule has 0 N–H and O–H groups in total. The second kappa shape index (κ2) is 8.08. The molecule has 26 heavy (non-hydrogen) atoms. The van der Waals surface area contributed by atoms with Crippen LogP contribution in [0, 0.1) is 13.8 Å². The lowest BCUT2D eigenvalue weighted by atomic mass is 10.0. The average Bonchev–Trinajstić information content (AvgIpc) is 3.16. The van der Waals surface area contributed by atoms with Crippen molar-refractivity contribution in [2.45, 2.75) is 38.3 Å². The zero-order valence-electron chi connectivity index (χ0n) is 15.6. The molecule has 1 saturated heterocycles. The molecule has 1 aromatic carbocycles. The van der Waals surface area contributed by atoms with Crippen molar-refractivity contribution in [3.8, 4) is 0 Å². The van der Waals surface area contributed by atoms with E-state index in [0.29, 0.717) is 17.3 Å². The number of thioether (sulfide) groups is 1. The average molecular weight is 372 g/mol. The molecule has 1 fully saturated rings. The number of nitrogens with zero attached hydrogens (tertiary/aromatic N) is 3. The molecule has 0 spiro atoms. The van der Waals surface area contributed by atoms with Gasteiger partial charge in [-0.25, -0.2) is 4.98 Å². The molecule has 138 valence electrons. The van der Waals surface area contributed by atoms with Gasteiger partial charge in [0.05, 0.1) is 5.75 Å². The minimum absolute atomic E-state index is 0.0307. The smallest absolute Gasteiger partial charge is 0.257 e. The van der Waals surface area contributed by atoms with Gasteiger partial charge >= 0.3 is 0 Å². The van der Waals surface area contributed by atoms with Crippen LogP contribution in [0.5, 0.6) is 0 Å². The van der Waals surface area contributed by atoms with E-state index in [-0.39, 0.29) is 11.5 Å². The number of benzene rings is 1. The van der Waals surface area contributed by atoms with Gasteiger partial charge in [0.25, 0.3) is 5.56 Å². The third kappa shape index (κ3) is 4.01. The second-order valence-corrected chi connectivity index (χ2v) is 7.74. The molecule has 0 saturated carbocycles. The summed E-state index contributed by atoms with van der Waals surface area (Å²) in [6.07, 6.45) is 2.75.